The van der Waals surface area contributed by atoms with Crippen molar-refractivity contribution >= 4 is 15.9 Å². The predicted molar refractivity (Wildman–Crippen MR) is 72.8 cm³/mol. The van der Waals surface area contributed by atoms with Crippen molar-refractivity contribution in [3.63, 3.8) is 0 Å². The van der Waals surface area contributed by atoms with Crippen molar-refractivity contribution in [2.75, 3.05) is 13.2 Å². The molecule has 0 saturated carbocycles. The molecule has 5 heteroatoms. The van der Waals surface area contributed by atoms with E-state index in [1.807, 2.05) is 18.2 Å². The number of rotatable bonds is 2. The summed E-state index contributed by atoms with van der Waals surface area (Å²) in [6.45, 7) is 1.31. The Balaban J connectivity index is 1.64. The minimum Gasteiger partial charge on any atom is -0.348 e. The van der Waals surface area contributed by atoms with Crippen LogP contribution in [0.1, 0.15) is 24.5 Å². The van der Waals surface area contributed by atoms with Crippen molar-refractivity contribution in [3.05, 3.63) is 35.9 Å². The quantitative estimate of drug-likeness (QED) is 0.782. The van der Waals surface area contributed by atoms with Crippen molar-refractivity contribution in [2.24, 2.45) is 0 Å². The van der Waals surface area contributed by atoms with Gasteiger partial charge in [0.25, 0.3) is 0 Å². The lowest BCUT2D eigenvalue weighted by molar-refractivity contribution is -0.334. The van der Waals surface area contributed by atoms with E-state index in [-0.39, 0.29) is 11.1 Å². The summed E-state index contributed by atoms with van der Waals surface area (Å²) in [7, 11) is 0. The largest absolute Gasteiger partial charge is 0.348 e. The van der Waals surface area contributed by atoms with Crippen LogP contribution in [0.4, 0.5) is 0 Å². The number of benzene rings is 1. The molecule has 4 atom stereocenters. The van der Waals surface area contributed by atoms with Gasteiger partial charge in [0.15, 0.2) is 0 Å². The monoisotopic (exact) mass is 328 g/mol. The summed E-state index contributed by atoms with van der Waals surface area (Å²) in [5.74, 6) is 0. The highest BCUT2D eigenvalue weighted by Gasteiger charge is 2.35. The smallest absolute Gasteiger partial charge is 0.210 e. The Bertz CT molecular complexity index is 400. The fraction of sp³-hybridized carbons (Fsp3) is 0.571. The average Bonchev–Trinajstić information content (AvgIpc) is 2.48. The van der Waals surface area contributed by atoms with Crippen molar-refractivity contribution in [1.29, 1.82) is 0 Å². The molecule has 2 fully saturated rings. The summed E-state index contributed by atoms with van der Waals surface area (Å²) in [6, 6.07) is 10.2. The zero-order valence-corrected chi connectivity index (χ0v) is 12.1. The van der Waals surface area contributed by atoms with Gasteiger partial charge in [0.1, 0.15) is 5.01 Å². The lowest BCUT2D eigenvalue weighted by Crippen LogP contribution is -2.44. The van der Waals surface area contributed by atoms with Crippen LogP contribution in [-0.2, 0) is 18.9 Å². The van der Waals surface area contributed by atoms with Crippen molar-refractivity contribution in [2.45, 2.75) is 36.5 Å². The Morgan fingerprint density at radius 3 is 2.32 bits per heavy atom. The highest BCUT2D eigenvalue weighted by Crippen LogP contribution is 2.31. The van der Waals surface area contributed by atoms with Crippen molar-refractivity contribution in [3.8, 4) is 0 Å². The van der Waals surface area contributed by atoms with E-state index in [0.29, 0.717) is 13.2 Å². The first kappa shape index (κ1) is 13.5. The number of halogens is 1. The van der Waals surface area contributed by atoms with Gasteiger partial charge < -0.3 is 18.9 Å². The highest BCUT2D eigenvalue weighted by atomic mass is 79.9. The molecule has 1 aromatic carbocycles. The molecule has 0 bridgehead atoms. The van der Waals surface area contributed by atoms with Crippen LogP contribution in [0.25, 0.3) is 0 Å². The van der Waals surface area contributed by atoms with Gasteiger partial charge >= 0.3 is 0 Å². The maximum Gasteiger partial charge on any atom is 0.210 e. The molecule has 0 spiro atoms. The van der Waals surface area contributed by atoms with Gasteiger partial charge in [-0.1, -0.05) is 46.3 Å². The SMILES string of the molecule is BrC1CCOC(C2OCCC(c3ccccc3)O2)O1. The fourth-order valence-electron chi connectivity index (χ4n) is 2.29. The number of ether oxygens (including phenoxy) is 4. The van der Waals surface area contributed by atoms with E-state index in [1.54, 1.807) is 0 Å². The van der Waals surface area contributed by atoms with Gasteiger partial charge in [0.2, 0.25) is 12.6 Å². The van der Waals surface area contributed by atoms with Crippen LogP contribution in [0.3, 0.4) is 0 Å². The van der Waals surface area contributed by atoms with Gasteiger partial charge in [-0.05, 0) is 5.56 Å². The summed E-state index contributed by atoms with van der Waals surface area (Å²) in [6.07, 6.45) is 0.822. The van der Waals surface area contributed by atoms with Gasteiger partial charge in [0.05, 0.1) is 19.3 Å². The maximum atomic E-state index is 5.97. The summed E-state index contributed by atoms with van der Waals surface area (Å²) in [4.78, 5) is 0. The third-order valence-corrected chi connectivity index (χ3v) is 3.94. The van der Waals surface area contributed by atoms with Gasteiger partial charge in [-0.3, -0.25) is 0 Å². The molecule has 2 aliphatic rings. The number of alkyl halides is 1. The van der Waals surface area contributed by atoms with E-state index in [9.17, 15) is 0 Å². The minimum atomic E-state index is -0.459. The molecule has 3 rings (SSSR count). The molecule has 0 amide bonds. The first-order valence-corrected chi connectivity index (χ1v) is 7.47. The Morgan fingerprint density at radius 2 is 1.58 bits per heavy atom. The van der Waals surface area contributed by atoms with Crippen LogP contribution in [0.2, 0.25) is 0 Å². The first-order valence-electron chi connectivity index (χ1n) is 6.56. The van der Waals surface area contributed by atoms with Gasteiger partial charge in [-0.2, -0.15) is 0 Å². The third-order valence-electron chi connectivity index (χ3n) is 3.26. The second-order valence-electron chi connectivity index (χ2n) is 4.64. The van der Waals surface area contributed by atoms with Gasteiger partial charge in [-0.25, -0.2) is 0 Å². The lowest BCUT2D eigenvalue weighted by Gasteiger charge is -2.37. The number of hydrogen-bond donors (Lipinski definition) is 0. The van der Waals surface area contributed by atoms with E-state index in [1.165, 1.54) is 5.56 Å². The molecule has 0 aliphatic carbocycles. The molecule has 0 radical (unpaired) electrons. The summed E-state index contributed by atoms with van der Waals surface area (Å²) in [5.41, 5.74) is 1.17. The molecular formula is C14H17BrO4. The molecule has 2 saturated heterocycles. The molecule has 2 heterocycles. The van der Waals surface area contributed by atoms with E-state index in [2.05, 4.69) is 28.1 Å². The zero-order chi connectivity index (χ0) is 13.1. The Hall–Kier alpha value is -0.460. The van der Waals surface area contributed by atoms with Crippen LogP contribution < -0.4 is 0 Å². The fourth-order valence-corrected chi connectivity index (χ4v) is 2.69. The average molecular weight is 329 g/mol. The summed E-state index contributed by atoms with van der Waals surface area (Å²) >= 11 is 3.44. The summed E-state index contributed by atoms with van der Waals surface area (Å²) in [5, 5.41) is 0.00977. The predicted octanol–water partition coefficient (Wildman–Crippen LogP) is 2.97. The van der Waals surface area contributed by atoms with Crippen LogP contribution in [0.15, 0.2) is 30.3 Å². The molecule has 0 N–H and O–H groups in total. The van der Waals surface area contributed by atoms with Crippen LogP contribution >= 0.6 is 15.9 Å². The Labute approximate surface area is 121 Å². The Kier molecular flexibility index (Phi) is 4.50. The highest BCUT2D eigenvalue weighted by molar-refractivity contribution is 9.09. The number of hydrogen-bond acceptors (Lipinski definition) is 4. The molecule has 4 nitrogen and oxygen atoms in total. The molecule has 4 unspecified atom stereocenters. The van der Waals surface area contributed by atoms with Crippen molar-refractivity contribution < 1.29 is 18.9 Å². The first-order chi connectivity index (χ1) is 9.33. The van der Waals surface area contributed by atoms with Gasteiger partial charge in [0, 0.05) is 12.8 Å². The normalized spacial score (nSPS) is 36.1. The molecular weight excluding hydrogens is 312 g/mol. The Morgan fingerprint density at radius 1 is 0.895 bits per heavy atom. The van der Waals surface area contributed by atoms with Gasteiger partial charge in [-0.15, -0.1) is 0 Å². The second-order valence-corrected chi connectivity index (χ2v) is 5.66. The standard InChI is InChI=1S/C14H17BrO4/c15-12-7-9-17-14(19-12)13-16-8-6-11(18-13)10-4-2-1-3-5-10/h1-5,11-14H,6-9H2. The molecule has 104 valence electrons. The lowest BCUT2D eigenvalue weighted by atomic mass is 10.1. The summed E-state index contributed by atoms with van der Waals surface area (Å²) < 4.78 is 22.8. The molecule has 2 aliphatic heterocycles. The maximum absolute atomic E-state index is 5.97. The molecule has 19 heavy (non-hydrogen) atoms. The van der Waals surface area contributed by atoms with E-state index >= 15 is 0 Å². The van der Waals surface area contributed by atoms with E-state index in [4.69, 9.17) is 18.9 Å². The topological polar surface area (TPSA) is 36.9 Å². The zero-order valence-electron chi connectivity index (χ0n) is 10.5. The van der Waals surface area contributed by atoms with E-state index < -0.39 is 12.6 Å². The molecule has 0 aromatic heterocycles. The van der Waals surface area contributed by atoms with Crippen LogP contribution in [-0.4, -0.2) is 30.8 Å². The van der Waals surface area contributed by atoms with E-state index in [0.717, 1.165) is 12.8 Å². The van der Waals surface area contributed by atoms with Crippen LogP contribution in [0.5, 0.6) is 0 Å². The van der Waals surface area contributed by atoms with Crippen molar-refractivity contribution in [1.82, 2.24) is 0 Å². The third kappa shape index (κ3) is 3.35. The molecule has 1 aromatic rings. The second kappa shape index (κ2) is 6.33. The van der Waals surface area contributed by atoms with Crippen LogP contribution in [0, 0.1) is 0 Å². The minimum absolute atomic E-state index is 0.00977.